The molecule has 6 heteroatoms. The van der Waals surface area contributed by atoms with Gasteiger partial charge in [0.1, 0.15) is 5.82 Å². The fourth-order valence-electron chi connectivity index (χ4n) is 2.85. The Balaban J connectivity index is 2.74. The number of hydrogen-bond donors (Lipinski definition) is 1. The van der Waals surface area contributed by atoms with E-state index in [1.54, 1.807) is 31.4 Å². The van der Waals surface area contributed by atoms with E-state index in [0.29, 0.717) is 22.3 Å². The first-order valence-electron chi connectivity index (χ1n) is 8.06. The second-order valence-electron chi connectivity index (χ2n) is 6.53. The van der Waals surface area contributed by atoms with Crippen LogP contribution in [0.25, 0.3) is 11.1 Å². The monoisotopic (exact) mass is 378 g/mol. The summed E-state index contributed by atoms with van der Waals surface area (Å²) in [4.78, 5) is 0.201. The molecule has 4 nitrogen and oxygen atoms in total. The molecule has 2 aromatic carbocycles. The Morgan fingerprint density at radius 2 is 1.73 bits per heavy atom. The molecule has 0 amide bonds. The average Bonchev–Trinajstić information content (AvgIpc) is 2.58. The van der Waals surface area contributed by atoms with Crippen molar-refractivity contribution in [3.8, 4) is 0 Å². The van der Waals surface area contributed by atoms with Crippen LogP contribution < -0.4 is 0 Å². The Hall–Kier alpha value is -2.02. The van der Waals surface area contributed by atoms with Crippen molar-refractivity contribution in [2.24, 2.45) is 0 Å². The van der Waals surface area contributed by atoms with Gasteiger partial charge in [-0.3, -0.25) is 0 Å². The summed E-state index contributed by atoms with van der Waals surface area (Å²) in [7, 11) is -1.77. The fraction of sp³-hybridized carbons (Fsp3) is 0.300. The first kappa shape index (κ1) is 20.3. The number of ether oxygens (including phenoxy) is 1. The molecule has 0 spiro atoms. The molecule has 0 bridgehead atoms. The summed E-state index contributed by atoms with van der Waals surface area (Å²) >= 11 is 0. The van der Waals surface area contributed by atoms with Gasteiger partial charge in [-0.15, -0.1) is 0 Å². The highest BCUT2D eigenvalue weighted by Crippen LogP contribution is 2.37. The maximum Gasteiger partial charge on any atom is 0.175 e. The van der Waals surface area contributed by atoms with Gasteiger partial charge < -0.3 is 9.84 Å². The molecule has 2 rings (SSSR count). The van der Waals surface area contributed by atoms with Gasteiger partial charge in [-0.2, -0.15) is 0 Å². The van der Waals surface area contributed by atoms with E-state index in [0.717, 1.165) is 6.26 Å². The van der Waals surface area contributed by atoms with Crippen molar-refractivity contribution in [3.05, 3.63) is 65.5 Å². The quantitative estimate of drug-likeness (QED) is 0.781. The van der Waals surface area contributed by atoms with Gasteiger partial charge in [0.15, 0.2) is 9.84 Å². The number of methoxy groups -OCH3 is 1. The van der Waals surface area contributed by atoms with Gasteiger partial charge >= 0.3 is 0 Å². The van der Waals surface area contributed by atoms with Crippen LogP contribution in [0, 0.1) is 5.82 Å². The van der Waals surface area contributed by atoms with Crippen LogP contribution in [0.2, 0.25) is 0 Å². The van der Waals surface area contributed by atoms with Gasteiger partial charge in [-0.05, 0) is 60.4 Å². The molecular formula is C20H23FO4S. The minimum absolute atomic E-state index is 0.201. The van der Waals surface area contributed by atoms with E-state index in [1.165, 1.54) is 24.3 Å². The molecule has 0 aliphatic rings. The van der Waals surface area contributed by atoms with Crippen molar-refractivity contribution < 1.29 is 22.7 Å². The maximum absolute atomic E-state index is 13.7. The van der Waals surface area contributed by atoms with Gasteiger partial charge in [-0.1, -0.05) is 24.3 Å². The summed E-state index contributed by atoms with van der Waals surface area (Å²) in [5.41, 5.74) is 1.62. The summed E-state index contributed by atoms with van der Waals surface area (Å²) in [6, 6.07) is 12.3. The molecule has 0 saturated heterocycles. The second-order valence-corrected chi connectivity index (χ2v) is 8.55. The molecule has 0 aromatic heterocycles. The zero-order chi connectivity index (χ0) is 19.5. The highest BCUT2D eigenvalue weighted by Gasteiger charge is 2.28. The number of aliphatic hydroxyl groups is 1. The van der Waals surface area contributed by atoms with Crippen LogP contribution in [-0.2, 0) is 14.6 Å². The largest absolute Gasteiger partial charge is 0.392 e. The fourth-order valence-corrected chi connectivity index (χ4v) is 3.48. The molecule has 0 unspecified atom stereocenters. The average molecular weight is 378 g/mol. The van der Waals surface area contributed by atoms with E-state index in [1.807, 2.05) is 13.8 Å². The van der Waals surface area contributed by atoms with Crippen LogP contribution in [0.1, 0.15) is 25.0 Å². The Morgan fingerprint density at radius 1 is 1.12 bits per heavy atom. The lowest BCUT2D eigenvalue weighted by molar-refractivity contribution is 0.0745. The molecule has 0 aliphatic carbocycles. The third kappa shape index (κ3) is 4.38. The lowest BCUT2D eigenvalue weighted by Crippen LogP contribution is -2.26. The molecule has 0 heterocycles. The van der Waals surface area contributed by atoms with Gasteiger partial charge in [0, 0.05) is 13.4 Å². The summed E-state index contributed by atoms with van der Waals surface area (Å²) in [5.74, 6) is -0.407. The Kier molecular flexibility index (Phi) is 6.01. The second kappa shape index (κ2) is 7.70. The predicted molar refractivity (Wildman–Crippen MR) is 101 cm³/mol. The van der Waals surface area contributed by atoms with E-state index < -0.39 is 21.3 Å². The first-order valence-corrected chi connectivity index (χ1v) is 9.95. The van der Waals surface area contributed by atoms with E-state index in [2.05, 4.69) is 0 Å². The van der Waals surface area contributed by atoms with Crippen LogP contribution in [0.5, 0.6) is 0 Å². The molecule has 1 N–H and O–H groups in total. The number of sulfone groups is 1. The molecule has 0 atom stereocenters. The summed E-state index contributed by atoms with van der Waals surface area (Å²) in [5, 5.41) is 10.0. The Bertz CT molecular complexity index is 913. The minimum atomic E-state index is -3.32. The smallest absolute Gasteiger partial charge is 0.175 e. The van der Waals surface area contributed by atoms with Gasteiger partial charge in [0.05, 0.1) is 17.1 Å². The maximum atomic E-state index is 13.7. The molecule has 0 fully saturated rings. The van der Waals surface area contributed by atoms with Crippen LogP contribution in [0.4, 0.5) is 4.39 Å². The molecule has 2 aromatic rings. The number of rotatable bonds is 6. The van der Waals surface area contributed by atoms with Gasteiger partial charge in [-0.25, -0.2) is 12.8 Å². The molecule has 0 aliphatic heterocycles. The van der Waals surface area contributed by atoms with Crippen molar-refractivity contribution in [1.29, 1.82) is 0 Å². The molecule has 0 saturated carbocycles. The lowest BCUT2D eigenvalue weighted by atomic mass is 9.84. The standard InChI is InChI=1S/C20H23FO4S/c1-20(2,25-3)19(14-8-10-17(11-9-14)26(4,23)24)18(13-22)15-6-5-7-16(21)12-15/h5-12,22H,13H2,1-4H3/b19-18+. The molecule has 0 radical (unpaired) electrons. The highest BCUT2D eigenvalue weighted by atomic mass is 32.2. The third-order valence-electron chi connectivity index (χ3n) is 4.32. The highest BCUT2D eigenvalue weighted by molar-refractivity contribution is 7.90. The summed E-state index contributed by atoms with van der Waals surface area (Å²) in [6.07, 6.45) is 1.14. The summed E-state index contributed by atoms with van der Waals surface area (Å²) < 4.78 is 42.7. The van der Waals surface area contributed by atoms with Gasteiger partial charge in [0.25, 0.3) is 0 Å². The number of halogens is 1. The normalized spacial score (nSPS) is 13.5. The minimum Gasteiger partial charge on any atom is -0.392 e. The molecular weight excluding hydrogens is 355 g/mol. The Labute approximate surface area is 153 Å². The van der Waals surface area contributed by atoms with Crippen molar-refractivity contribution in [2.45, 2.75) is 24.3 Å². The van der Waals surface area contributed by atoms with Crippen molar-refractivity contribution in [1.82, 2.24) is 0 Å². The van der Waals surface area contributed by atoms with E-state index in [-0.39, 0.29) is 11.5 Å². The van der Waals surface area contributed by atoms with Crippen LogP contribution in [-0.4, -0.2) is 39.1 Å². The van der Waals surface area contributed by atoms with Crippen molar-refractivity contribution >= 4 is 21.0 Å². The van der Waals surface area contributed by atoms with E-state index >= 15 is 0 Å². The van der Waals surface area contributed by atoms with E-state index in [4.69, 9.17) is 4.74 Å². The lowest BCUT2D eigenvalue weighted by Gasteiger charge is -2.30. The molecule has 26 heavy (non-hydrogen) atoms. The summed E-state index contributed by atoms with van der Waals surface area (Å²) in [6.45, 7) is 3.35. The third-order valence-corrected chi connectivity index (χ3v) is 5.44. The van der Waals surface area contributed by atoms with Crippen LogP contribution >= 0.6 is 0 Å². The topological polar surface area (TPSA) is 63.6 Å². The Morgan fingerprint density at radius 3 is 2.19 bits per heavy atom. The molecule has 140 valence electrons. The van der Waals surface area contributed by atoms with Crippen molar-refractivity contribution in [2.75, 3.05) is 20.0 Å². The predicted octanol–water partition coefficient (Wildman–Crippen LogP) is 3.56. The zero-order valence-electron chi connectivity index (χ0n) is 15.3. The van der Waals surface area contributed by atoms with Gasteiger partial charge in [0.2, 0.25) is 0 Å². The number of hydrogen-bond acceptors (Lipinski definition) is 4. The van der Waals surface area contributed by atoms with Crippen LogP contribution in [0.3, 0.4) is 0 Å². The number of aliphatic hydroxyl groups excluding tert-OH is 1. The number of benzene rings is 2. The van der Waals surface area contributed by atoms with E-state index in [9.17, 15) is 17.9 Å². The SMILES string of the molecule is COC(C)(C)/C(=C(\CO)c1cccc(F)c1)c1ccc(S(C)(=O)=O)cc1. The first-order chi connectivity index (χ1) is 12.1. The van der Waals surface area contributed by atoms with Crippen molar-refractivity contribution in [3.63, 3.8) is 0 Å². The van der Waals surface area contributed by atoms with Crippen LogP contribution in [0.15, 0.2) is 53.4 Å². The zero-order valence-corrected chi connectivity index (χ0v) is 16.1.